The number of carbonyl (C=O) groups excluding carboxylic acids is 1. The van der Waals surface area contributed by atoms with Crippen LogP contribution in [0.5, 0.6) is 0 Å². The first kappa shape index (κ1) is 21.6. The Balaban J connectivity index is 1.81. The number of carbonyl (C=O) groups is 1. The van der Waals surface area contributed by atoms with Crippen molar-refractivity contribution in [3.05, 3.63) is 101 Å². The maximum atomic E-state index is 13.8. The Morgan fingerprint density at radius 2 is 1.80 bits per heavy atom. The van der Waals surface area contributed by atoms with Crippen LogP contribution in [0, 0.1) is 18.6 Å². The van der Waals surface area contributed by atoms with Gasteiger partial charge >= 0.3 is 0 Å². The second-order valence-electron chi connectivity index (χ2n) is 7.16. The van der Waals surface area contributed by atoms with Gasteiger partial charge in [-0.2, -0.15) is 0 Å². The molecule has 0 bridgehead atoms. The van der Waals surface area contributed by atoms with Crippen molar-refractivity contribution in [2.45, 2.75) is 25.3 Å². The lowest BCUT2D eigenvalue weighted by Crippen LogP contribution is -2.36. The highest BCUT2D eigenvalue weighted by molar-refractivity contribution is 5.82. The van der Waals surface area contributed by atoms with Crippen molar-refractivity contribution in [1.29, 1.82) is 0 Å². The van der Waals surface area contributed by atoms with Crippen molar-refractivity contribution < 1.29 is 13.6 Å². The van der Waals surface area contributed by atoms with Crippen molar-refractivity contribution in [2.24, 2.45) is 0 Å². The summed E-state index contributed by atoms with van der Waals surface area (Å²) in [5.74, 6) is -0.977. The summed E-state index contributed by atoms with van der Waals surface area (Å²) < 4.78 is 27.1. The fourth-order valence-corrected chi connectivity index (χ4v) is 3.49. The molecule has 2 aromatic carbocycles. The smallest absolute Gasteiger partial charge is 0.241 e. The third kappa shape index (κ3) is 5.27. The van der Waals surface area contributed by atoms with Gasteiger partial charge in [-0.05, 0) is 54.8 Å². The molecular formula is C24H25F2N3O. The van der Waals surface area contributed by atoms with Crippen LogP contribution in [0.1, 0.15) is 40.8 Å². The van der Waals surface area contributed by atoms with E-state index in [0.717, 1.165) is 11.1 Å². The molecule has 3 aromatic rings. The summed E-state index contributed by atoms with van der Waals surface area (Å²) in [6.07, 6.45) is 1.79. The van der Waals surface area contributed by atoms with Gasteiger partial charge < -0.3 is 10.6 Å². The molecule has 1 aromatic heterocycles. The van der Waals surface area contributed by atoms with Gasteiger partial charge in [-0.15, -0.1) is 0 Å². The van der Waals surface area contributed by atoms with Gasteiger partial charge in [0.1, 0.15) is 17.7 Å². The van der Waals surface area contributed by atoms with Crippen molar-refractivity contribution >= 4 is 5.91 Å². The summed E-state index contributed by atoms with van der Waals surface area (Å²) >= 11 is 0. The fraction of sp³-hybridized carbons (Fsp3) is 0.250. The minimum atomic E-state index is -0.493. The Labute approximate surface area is 175 Å². The monoisotopic (exact) mass is 409 g/mol. The predicted octanol–water partition coefficient (Wildman–Crippen LogP) is 4.27. The second kappa shape index (κ2) is 10.1. The number of benzene rings is 2. The van der Waals surface area contributed by atoms with Gasteiger partial charge in [-0.25, -0.2) is 8.78 Å². The summed E-state index contributed by atoms with van der Waals surface area (Å²) in [6, 6.07) is 17.0. The predicted molar refractivity (Wildman–Crippen MR) is 113 cm³/mol. The zero-order valence-corrected chi connectivity index (χ0v) is 17.0. The SMILES string of the molecule is CNC(=O)[C@H](NCC[C@@H](c1ccc(F)c(C)c1)c1ccc(F)cn1)c1ccccc1. The van der Waals surface area contributed by atoms with Gasteiger partial charge in [0.05, 0.1) is 6.20 Å². The van der Waals surface area contributed by atoms with E-state index in [9.17, 15) is 13.6 Å². The quantitative estimate of drug-likeness (QED) is 0.584. The Morgan fingerprint density at radius 1 is 1.03 bits per heavy atom. The molecule has 0 aliphatic rings. The van der Waals surface area contributed by atoms with Gasteiger partial charge in [-0.3, -0.25) is 9.78 Å². The molecule has 2 N–H and O–H groups in total. The number of halogens is 2. The third-order valence-corrected chi connectivity index (χ3v) is 5.11. The number of aromatic nitrogens is 1. The van der Waals surface area contributed by atoms with Crippen LogP contribution in [0.4, 0.5) is 8.78 Å². The first-order valence-corrected chi connectivity index (χ1v) is 9.87. The molecule has 0 aliphatic carbocycles. The molecule has 0 fully saturated rings. The van der Waals surface area contributed by atoms with Gasteiger partial charge in [0.25, 0.3) is 0 Å². The Hall–Kier alpha value is -3.12. The fourth-order valence-electron chi connectivity index (χ4n) is 3.49. The molecule has 0 saturated carbocycles. The number of nitrogens with zero attached hydrogens (tertiary/aromatic N) is 1. The maximum absolute atomic E-state index is 13.8. The highest BCUT2D eigenvalue weighted by Crippen LogP contribution is 2.28. The second-order valence-corrected chi connectivity index (χ2v) is 7.16. The highest BCUT2D eigenvalue weighted by Gasteiger charge is 2.21. The minimum Gasteiger partial charge on any atom is -0.358 e. The lowest BCUT2D eigenvalue weighted by atomic mass is 9.90. The lowest BCUT2D eigenvalue weighted by Gasteiger charge is -2.21. The summed E-state index contributed by atoms with van der Waals surface area (Å²) in [4.78, 5) is 16.6. The maximum Gasteiger partial charge on any atom is 0.241 e. The number of likely N-dealkylation sites (N-methyl/N-ethyl adjacent to an activating group) is 1. The standard InChI is InChI=1S/C24H25F2N3O/c1-16-14-18(8-10-21(16)26)20(22-11-9-19(25)15-29-22)12-13-28-23(24(30)27-2)17-6-4-3-5-7-17/h3-11,14-15,20,23,28H,12-13H2,1-2H3,(H,27,30)/t20-,23+/m0/s1. The highest BCUT2D eigenvalue weighted by atomic mass is 19.1. The van der Waals surface area contributed by atoms with Crippen LogP contribution in [0.2, 0.25) is 0 Å². The molecule has 0 saturated heterocycles. The number of nitrogens with one attached hydrogen (secondary N) is 2. The zero-order chi connectivity index (χ0) is 21.5. The van der Waals surface area contributed by atoms with Crippen LogP contribution in [0.3, 0.4) is 0 Å². The number of amides is 1. The molecule has 30 heavy (non-hydrogen) atoms. The topological polar surface area (TPSA) is 54.0 Å². The van der Waals surface area contributed by atoms with Crippen LogP contribution >= 0.6 is 0 Å². The molecule has 0 aliphatic heterocycles. The Morgan fingerprint density at radius 3 is 2.43 bits per heavy atom. The van der Waals surface area contributed by atoms with E-state index in [4.69, 9.17) is 0 Å². The van der Waals surface area contributed by atoms with E-state index in [1.807, 2.05) is 30.3 Å². The average molecular weight is 409 g/mol. The van der Waals surface area contributed by atoms with Gasteiger partial charge in [-0.1, -0.05) is 42.5 Å². The van der Waals surface area contributed by atoms with Gasteiger partial charge in [0.2, 0.25) is 5.91 Å². The molecule has 1 heterocycles. The summed E-state index contributed by atoms with van der Waals surface area (Å²) in [6.45, 7) is 2.22. The van der Waals surface area contributed by atoms with E-state index >= 15 is 0 Å². The molecule has 3 rings (SSSR count). The van der Waals surface area contributed by atoms with Crippen molar-refractivity contribution in [2.75, 3.05) is 13.6 Å². The third-order valence-electron chi connectivity index (χ3n) is 5.11. The molecule has 0 spiro atoms. The van der Waals surface area contributed by atoms with E-state index < -0.39 is 11.9 Å². The molecule has 1 amide bonds. The molecule has 2 atom stereocenters. The van der Waals surface area contributed by atoms with Crippen LogP contribution in [0.15, 0.2) is 66.9 Å². The van der Waals surface area contributed by atoms with Crippen LogP contribution in [0.25, 0.3) is 0 Å². The normalized spacial score (nSPS) is 12.9. The average Bonchev–Trinajstić information content (AvgIpc) is 2.77. The molecular weight excluding hydrogens is 384 g/mol. The molecule has 0 unspecified atom stereocenters. The summed E-state index contributed by atoms with van der Waals surface area (Å²) in [5, 5.41) is 5.99. The summed E-state index contributed by atoms with van der Waals surface area (Å²) in [7, 11) is 1.60. The van der Waals surface area contributed by atoms with E-state index in [0.29, 0.717) is 24.2 Å². The molecule has 156 valence electrons. The van der Waals surface area contributed by atoms with Gasteiger partial charge in [0.15, 0.2) is 0 Å². The van der Waals surface area contributed by atoms with Crippen LogP contribution < -0.4 is 10.6 Å². The summed E-state index contributed by atoms with van der Waals surface area (Å²) in [5.41, 5.74) is 3.00. The van der Waals surface area contributed by atoms with Crippen molar-refractivity contribution in [3.8, 4) is 0 Å². The zero-order valence-electron chi connectivity index (χ0n) is 17.0. The Kier molecular flexibility index (Phi) is 7.25. The minimum absolute atomic E-state index is 0.129. The number of hydrogen-bond acceptors (Lipinski definition) is 3. The largest absolute Gasteiger partial charge is 0.358 e. The van der Waals surface area contributed by atoms with E-state index in [2.05, 4.69) is 15.6 Å². The molecule has 4 nitrogen and oxygen atoms in total. The molecule has 0 radical (unpaired) electrons. The van der Waals surface area contributed by atoms with Crippen molar-refractivity contribution in [1.82, 2.24) is 15.6 Å². The van der Waals surface area contributed by atoms with E-state index in [-0.39, 0.29) is 17.6 Å². The van der Waals surface area contributed by atoms with Crippen LogP contribution in [-0.2, 0) is 4.79 Å². The van der Waals surface area contributed by atoms with Gasteiger partial charge in [0, 0.05) is 18.7 Å². The van der Waals surface area contributed by atoms with Crippen molar-refractivity contribution in [3.63, 3.8) is 0 Å². The lowest BCUT2D eigenvalue weighted by molar-refractivity contribution is -0.122. The number of rotatable bonds is 8. The number of pyridine rings is 1. The first-order chi connectivity index (χ1) is 14.5. The van der Waals surface area contributed by atoms with E-state index in [1.165, 1.54) is 18.3 Å². The van der Waals surface area contributed by atoms with E-state index in [1.54, 1.807) is 32.2 Å². The first-order valence-electron chi connectivity index (χ1n) is 9.87. The van der Waals surface area contributed by atoms with Crippen LogP contribution in [-0.4, -0.2) is 24.5 Å². The number of hydrogen-bond donors (Lipinski definition) is 2. The molecule has 6 heteroatoms. The Bertz CT molecular complexity index is 978. The number of aryl methyl sites for hydroxylation is 1.